The lowest BCUT2D eigenvalue weighted by molar-refractivity contribution is -0.0806. The quantitative estimate of drug-likeness (QED) is 0.459. The minimum absolute atomic E-state index is 0.0220. The van der Waals surface area contributed by atoms with Crippen molar-refractivity contribution in [2.24, 2.45) is 5.41 Å². The maximum absolute atomic E-state index is 5.98. The number of benzene rings is 2. The van der Waals surface area contributed by atoms with Crippen LogP contribution in [0.3, 0.4) is 0 Å². The van der Waals surface area contributed by atoms with E-state index < -0.39 is 17.2 Å². The van der Waals surface area contributed by atoms with Crippen LogP contribution in [0, 0.1) is 5.41 Å². The van der Waals surface area contributed by atoms with Gasteiger partial charge in [0.2, 0.25) is 0 Å². The van der Waals surface area contributed by atoms with E-state index in [9.17, 15) is 0 Å². The molecule has 2 aliphatic rings. The monoisotopic (exact) mass is 464 g/mol. The predicted octanol–water partition coefficient (Wildman–Crippen LogP) is 5.82. The van der Waals surface area contributed by atoms with Crippen molar-refractivity contribution in [2.75, 3.05) is 26.4 Å². The molecule has 0 radical (unpaired) electrons. The highest BCUT2D eigenvalue weighted by Gasteiger charge is 2.44. The molecule has 0 bridgehead atoms. The molecule has 0 aromatic heterocycles. The molecule has 2 aromatic rings. The zero-order valence-corrected chi connectivity index (χ0v) is 19.8. The molecular formula is C23H30O6P2. The molecule has 2 unspecified atom stereocenters. The first-order chi connectivity index (χ1) is 15.1. The molecule has 2 aliphatic heterocycles. The second kappa shape index (κ2) is 11.3. The molecule has 0 amide bonds. The van der Waals surface area contributed by atoms with Crippen LogP contribution in [0.5, 0.6) is 0 Å². The van der Waals surface area contributed by atoms with Crippen LogP contribution in [0.25, 0.3) is 0 Å². The molecule has 0 N–H and O–H groups in total. The molecule has 2 fully saturated rings. The fraction of sp³-hybridized carbons (Fsp3) is 0.478. The fourth-order valence-corrected chi connectivity index (χ4v) is 6.11. The lowest BCUT2D eigenvalue weighted by atomic mass is 9.93. The van der Waals surface area contributed by atoms with Gasteiger partial charge in [0.15, 0.2) is 0 Å². The van der Waals surface area contributed by atoms with E-state index in [0.29, 0.717) is 26.4 Å². The molecule has 4 rings (SSSR count). The van der Waals surface area contributed by atoms with Gasteiger partial charge in [-0.3, -0.25) is 0 Å². The van der Waals surface area contributed by atoms with Crippen molar-refractivity contribution >= 4 is 17.2 Å². The van der Waals surface area contributed by atoms with Crippen molar-refractivity contribution < 1.29 is 27.1 Å². The molecule has 2 aromatic carbocycles. The molecular weight excluding hydrogens is 434 g/mol. The Morgan fingerprint density at radius 2 is 1.03 bits per heavy atom. The van der Waals surface area contributed by atoms with Crippen LogP contribution >= 0.6 is 17.2 Å². The summed E-state index contributed by atoms with van der Waals surface area (Å²) in [5.74, 6) is 0. The van der Waals surface area contributed by atoms with Crippen LogP contribution in [0.2, 0.25) is 0 Å². The number of hydrogen-bond acceptors (Lipinski definition) is 6. The molecule has 2 heterocycles. The van der Waals surface area contributed by atoms with E-state index in [1.807, 2.05) is 50.2 Å². The van der Waals surface area contributed by atoms with Gasteiger partial charge in [0, 0.05) is 0 Å². The zero-order chi connectivity index (χ0) is 21.5. The molecule has 31 heavy (non-hydrogen) atoms. The topological polar surface area (TPSA) is 55.4 Å². The van der Waals surface area contributed by atoms with Crippen LogP contribution in [-0.4, -0.2) is 38.6 Å². The Balaban J connectivity index is 1.16. The van der Waals surface area contributed by atoms with Crippen molar-refractivity contribution in [3.05, 3.63) is 71.8 Å². The molecule has 1 spiro atoms. The minimum atomic E-state index is -1.35. The lowest BCUT2D eigenvalue weighted by Gasteiger charge is -2.42. The highest BCUT2D eigenvalue weighted by Crippen LogP contribution is 2.53. The van der Waals surface area contributed by atoms with Gasteiger partial charge in [-0.2, -0.15) is 0 Å². The Hall–Kier alpha value is -0.940. The second-order valence-corrected chi connectivity index (χ2v) is 10.6. The second-order valence-electron chi connectivity index (χ2n) is 8.25. The maximum atomic E-state index is 5.98. The van der Waals surface area contributed by atoms with Gasteiger partial charge in [0.25, 0.3) is 0 Å². The van der Waals surface area contributed by atoms with Crippen molar-refractivity contribution in [1.82, 2.24) is 0 Å². The van der Waals surface area contributed by atoms with Crippen molar-refractivity contribution in [2.45, 2.75) is 38.9 Å². The highest BCUT2D eigenvalue weighted by atomic mass is 31.2. The third-order valence-electron chi connectivity index (χ3n) is 5.17. The smallest absolute Gasteiger partial charge is 0.311 e. The summed E-state index contributed by atoms with van der Waals surface area (Å²) in [6.07, 6.45) is 1.70. The lowest BCUT2D eigenvalue weighted by Crippen LogP contribution is -2.45. The third-order valence-corrected chi connectivity index (χ3v) is 7.59. The first-order valence-corrected chi connectivity index (χ1v) is 12.8. The van der Waals surface area contributed by atoms with E-state index >= 15 is 0 Å². The molecule has 2 saturated heterocycles. The van der Waals surface area contributed by atoms with E-state index in [4.69, 9.17) is 27.1 Å². The average Bonchev–Trinajstić information content (AvgIpc) is 2.78. The molecule has 168 valence electrons. The maximum Gasteiger partial charge on any atom is 0.332 e. The van der Waals surface area contributed by atoms with Gasteiger partial charge in [-0.15, -0.1) is 0 Å². The fourth-order valence-electron chi connectivity index (χ4n) is 3.47. The van der Waals surface area contributed by atoms with E-state index in [1.54, 1.807) is 0 Å². The SMILES string of the molecule is CC(Cc1ccccc1)OP1OCC2(CO1)COP(OC(C)Cc1ccccc1)OC2. The summed E-state index contributed by atoms with van der Waals surface area (Å²) in [4.78, 5) is 0. The van der Waals surface area contributed by atoms with Crippen LogP contribution in [-0.2, 0) is 40.0 Å². The summed E-state index contributed by atoms with van der Waals surface area (Å²) in [7, 11) is -2.70. The predicted molar refractivity (Wildman–Crippen MR) is 121 cm³/mol. The summed E-state index contributed by atoms with van der Waals surface area (Å²) in [6, 6.07) is 20.6. The van der Waals surface area contributed by atoms with E-state index in [1.165, 1.54) is 11.1 Å². The van der Waals surface area contributed by atoms with E-state index in [-0.39, 0.29) is 17.6 Å². The van der Waals surface area contributed by atoms with Gasteiger partial charge in [0.05, 0.1) is 44.1 Å². The van der Waals surface area contributed by atoms with Crippen molar-refractivity contribution in [3.63, 3.8) is 0 Å². The standard InChI is InChI=1S/C23H30O6P2/c1-19(13-21-9-5-3-6-10-21)28-30-24-15-23(16-25-30)17-26-31(27-18-23)29-20(2)14-22-11-7-4-8-12-22/h3-12,19-20H,13-18H2,1-2H3. The van der Waals surface area contributed by atoms with Crippen molar-refractivity contribution in [3.8, 4) is 0 Å². The van der Waals surface area contributed by atoms with Crippen LogP contribution in [0.4, 0.5) is 0 Å². The Labute approximate surface area is 187 Å². The normalized spacial score (nSPS) is 28.3. The Bertz CT molecular complexity index is 706. The largest absolute Gasteiger partial charge is 0.332 e. The van der Waals surface area contributed by atoms with E-state index in [2.05, 4.69) is 24.3 Å². The van der Waals surface area contributed by atoms with Gasteiger partial charge in [0.1, 0.15) is 0 Å². The summed E-state index contributed by atoms with van der Waals surface area (Å²) in [5, 5.41) is 0. The minimum Gasteiger partial charge on any atom is -0.311 e. The molecule has 2 atom stereocenters. The molecule has 0 aliphatic carbocycles. The summed E-state index contributed by atoms with van der Waals surface area (Å²) in [6.45, 7) is 6.08. The Kier molecular flexibility index (Phi) is 8.44. The molecule has 6 nitrogen and oxygen atoms in total. The summed E-state index contributed by atoms with van der Waals surface area (Å²) >= 11 is 0. The summed E-state index contributed by atoms with van der Waals surface area (Å²) < 4.78 is 35.6. The van der Waals surface area contributed by atoms with E-state index in [0.717, 1.165) is 12.8 Å². The first-order valence-electron chi connectivity index (χ1n) is 10.6. The average molecular weight is 464 g/mol. The third kappa shape index (κ3) is 7.02. The Morgan fingerprint density at radius 1 is 0.677 bits per heavy atom. The van der Waals surface area contributed by atoms with Crippen LogP contribution < -0.4 is 0 Å². The Morgan fingerprint density at radius 3 is 1.39 bits per heavy atom. The van der Waals surface area contributed by atoms with Gasteiger partial charge in [-0.1, -0.05) is 60.7 Å². The van der Waals surface area contributed by atoms with Gasteiger partial charge < -0.3 is 27.1 Å². The van der Waals surface area contributed by atoms with Crippen LogP contribution in [0.1, 0.15) is 25.0 Å². The van der Waals surface area contributed by atoms with Gasteiger partial charge in [-0.25, -0.2) is 0 Å². The van der Waals surface area contributed by atoms with Gasteiger partial charge >= 0.3 is 17.2 Å². The van der Waals surface area contributed by atoms with Crippen LogP contribution in [0.15, 0.2) is 60.7 Å². The number of hydrogen-bond donors (Lipinski definition) is 0. The number of rotatable bonds is 8. The van der Waals surface area contributed by atoms with Crippen molar-refractivity contribution in [1.29, 1.82) is 0 Å². The molecule has 8 heteroatoms. The molecule has 0 saturated carbocycles. The first kappa shape index (κ1) is 23.2. The summed E-state index contributed by atoms with van der Waals surface area (Å²) in [5.41, 5.74) is 2.18. The van der Waals surface area contributed by atoms with Gasteiger partial charge in [-0.05, 0) is 37.8 Å². The highest BCUT2D eigenvalue weighted by molar-refractivity contribution is 7.42. The zero-order valence-electron chi connectivity index (χ0n) is 18.0.